The zero-order chi connectivity index (χ0) is 21.7. The van der Waals surface area contributed by atoms with Gasteiger partial charge in [-0.2, -0.15) is 5.10 Å². The molecule has 0 aliphatic carbocycles. The van der Waals surface area contributed by atoms with E-state index in [0.29, 0.717) is 56.8 Å². The van der Waals surface area contributed by atoms with Crippen molar-refractivity contribution in [2.75, 3.05) is 33.7 Å². The molecule has 30 heavy (non-hydrogen) atoms. The SMILES string of the molecule is CC(=O)N1CCC(C(=O)NCCn2nc(-c3ccccc3F)cc2CN(C)C)CC1. The zero-order valence-electron chi connectivity index (χ0n) is 17.9. The summed E-state index contributed by atoms with van der Waals surface area (Å²) in [6.07, 6.45) is 1.38. The summed E-state index contributed by atoms with van der Waals surface area (Å²) in [6.45, 7) is 4.45. The van der Waals surface area contributed by atoms with E-state index >= 15 is 0 Å². The minimum atomic E-state index is -0.302. The number of halogens is 1. The molecule has 0 spiro atoms. The molecule has 1 fully saturated rings. The largest absolute Gasteiger partial charge is 0.354 e. The second-order valence-electron chi connectivity index (χ2n) is 8.03. The van der Waals surface area contributed by atoms with Crippen molar-refractivity contribution in [1.29, 1.82) is 0 Å². The minimum absolute atomic E-state index is 0.0221. The number of aromatic nitrogens is 2. The fourth-order valence-electron chi connectivity index (χ4n) is 3.79. The highest BCUT2D eigenvalue weighted by Crippen LogP contribution is 2.23. The van der Waals surface area contributed by atoms with Crippen molar-refractivity contribution in [2.24, 2.45) is 5.92 Å². The van der Waals surface area contributed by atoms with Crippen LogP contribution in [0.25, 0.3) is 11.3 Å². The van der Waals surface area contributed by atoms with Gasteiger partial charge in [0.15, 0.2) is 0 Å². The third-order valence-corrected chi connectivity index (χ3v) is 5.43. The number of likely N-dealkylation sites (tertiary alicyclic amines) is 1. The van der Waals surface area contributed by atoms with Crippen LogP contribution in [0.4, 0.5) is 4.39 Å². The molecule has 1 aliphatic rings. The monoisotopic (exact) mass is 415 g/mol. The van der Waals surface area contributed by atoms with Gasteiger partial charge in [0.2, 0.25) is 11.8 Å². The quantitative estimate of drug-likeness (QED) is 0.752. The zero-order valence-corrected chi connectivity index (χ0v) is 17.9. The van der Waals surface area contributed by atoms with E-state index < -0.39 is 0 Å². The van der Waals surface area contributed by atoms with E-state index in [1.165, 1.54) is 6.07 Å². The third kappa shape index (κ3) is 5.44. The number of benzene rings is 1. The molecule has 1 N–H and O–H groups in total. The highest BCUT2D eigenvalue weighted by Gasteiger charge is 2.25. The van der Waals surface area contributed by atoms with Crippen molar-refractivity contribution in [3.8, 4) is 11.3 Å². The summed E-state index contributed by atoms with van der Waals surface area (Å²) in [5.74, 6) is -0.280. The van der Waals surface area contributed by atoms with Crippen molar-refractivity contribution in [3.05, 3.63) is 41.8 Å². The van der Waals surface area contributed by atoms with Gasteiger partial charge in [-0.15, -0.1) is 0 Å². The molecule has 8 heteroatoms. The van der Waals surface area contributed by atoms with Crippen molar-refractivity contribution >= 4 is 11.8 Å². The first-order chi connectivity index (χ1) is 14.3. The molecule has 2 amide bonds. The highest BCUT2D eigenvalue weighted by molar-refractivity contribution is 5.79. The Hall–Kier alpha value is -2.74. The maximum Gasteiger partial charge on any atom is 0.223 e. The van der Waals surface area contributed by atoms with E-state index in [2.05, 4.69) is 10.4 Å². The first-order valence-electron chi connectivity index (χ1n) is 10.3. The van der Waals surface area contributed by atoms with Crippen LogP contribution in [0.1, 0.15) is 25.5 Å². The summed E-state index contributed by atoms with van der Waals surface area (Å²) < 4.78 is 16.0. The molecular weight excluding hydrogens is 385 g/mol. The molecule has 0 bridgehead atoms. The van der Waals surface area contributed by atoms with Gasteiger partial charge in [0.1, 0.15) is 5.82 Å². The first kappa shape index (κ1) is 22.0. The van der Waals surface area contributed by atoms with Crippen LogP contribution in [0, 0.1) is 11.7 Å². The fraction of sp³-hybridized carbons (Fsp3) is 0.500. The average molecular weight is 416 g/mol. The molecule has 3 rings (SSSR count). The number of nitrogens with one attached hydrogen (secondary N) is 1. The lowest BCUT2D eigenvalue weighted by Crippen LogP contribution is -2.42. The Morgan fingerprint density at radius 1 is 1.23 bits per heavy atom. The van der Waals surface area contributed by atoms with Crippen LogP contribution in [-0.2, 0) is 22.7 Å². The second-order valence-corrected chi connectivity index (χ2v) is 8.03. The molecule has 0 saturated carbocycles. The summed E-state index contributed by atoms with van der Waals surface area (Å²) in [6, 6.07) is 8.50. The van der Waals surface area contributed by atoms with Crippen LogP contribution in [0.15, 0.2) is 30.3 Å². The number of hydrogen-bond donors (Lipinski definition) is 1. The standard InChI is InChI=1S/C22H30FN5O2/c1-16(29)27-11-8-17(9-12-27)22(30)24-10-13-28-18(15-26(2)3)14-21(25-28)19-6-4-5-7-20(19)23/h4-7,14,17H,8-13,15H2,1-3H3,(H,24,30). The highest BCUT2D eigenvalue weighted by atomic mass is 19.1. The number of amides is 2. The van der Waals surface area contributed by atoms with Crippen LogP contribution >= 0.6 is 0 Å². The van der Waals surface area contributed by atoms with Crippen LogP contribution in [-0.4, -0.2) is 65.1 Å². The Kier molecular flexibility index (Phi) is 7.20. The van der Waals surface area contributed by atoms with E-state index in [-0.39, 0.29) is 23.5 Å². The van der Waals surface area contributed by atoms with E-state index in [1.807, 2.05) is 29.7 Å². The van der Waals surface area contributed by atoms with Gasteiger partial charge in [-0.1, -0.05) is 12.1 Å². The number of piperidine rings is 1. The van der Waals surface area contributed by atoms with Crippen LogP contribution in [0.2, 0.25) is 0 Å². The summed E-state index contributed by atoms with van der Waals surface area (Å²) in [7, 11) is 3.94. The maximum atomic E-state index is 14.2. The van der Waals surface area contributed by atoms with Crippen LogP contribution in [0.5, 0.6) is 0 Å². The summed E-state index contributed by atoms with van der Waals surface area (Å²) in [5, 5.41) is 7.58. The maximum absolute atomic E-state index is 14.2. The van der Waals surface area contributed by atoms with E-state index in [9.17, 15) is 14.0 Å². The summed E-state index contributed by atoms with van der Waals surface area (Å²) in [5.41, 5.74) is 2.02. The number of rotatable bonds is 7. The molecule has 0 radical (unpaired) electrons. The molecule has 2 heterocycles. The Morgan fingerprint density at radius 2 is 1.93 bits per heavy atom. The first-order valence-corrected chi connectivity index (χ1v) is 10.3. The molecule has 1 aromatic carbocycles. The number of nitrogens with zero attached hydrogens (tertiary/aromatic N) is 4. The predicted octanol–water partition coefficient (Wildman–Crippen LogP) is 2.13. The predicted molar refractivity (Wildman–Crippen MR) is 113 cm³/mol. The molecule has 0 atom stereocenters. The van der Waals surface area contributed by atoms with Crippen LogP contribution < -0.4 is 5.32 Å². The van der Waals surface area contributed by atoms with Gasteiger partial charge in [-0.25, -0.2) is 4.39 Å². The summed E-state index contributed by atoms with van der Waals surface area (Å²) in [4.78, 5) is 27.7. The van der Waals surface area contributed by atoms with Gasteiger partial charge in [0.05, 0.1) is 17.9 Å². The second kappa shape index (κ2) is 9.84. The summed E-state index contributed by atoms with van der Waals surface area (Å²) >= 11 is 0. The third-order valence-electron chi connectivity index (χ3n) is 5.43. The van der Waals surface area contributed by atoms with Gasteiger partial charge < -0.3 is 15.1 Å². The number of carbonyl (C=O) groups excluding carboxylic acids is 2. The smallest absolute Gasteiger partial charge is 0.223 e. The molecule has 0 unspecified atom stereocenters. The van der Waals surface area contributed by atoms with E-state index in [4.69, 9.17) is 0 Å². The molecule has 2 aromatic rings. The van der Waals surface area contributed by atoms with Crippen molar-refractivity contribution in [3.63, 3.8) is 0 Å². The Labute approximate surface area is 176 Å². The Bertz CT molecular complexity index is 887. The van der Waals surface area contributed by atoms with Crippen molar-refractivity contribution < 1.29 is 14.0 Å². The number of carbonyl (C=O) groups is 2. The van der Waals surface area contributed by atoms with Crippen LogP contribution in [0.3, 0.4) is 0 Å². The minimum Gasteiger partial charge on any atom is -0.354 e. The van der Waals surface area contributed by atoms with E-state index in [1.54, 1.807) is 30.0 Å². The molecule has 7 nitrogen and oxygen atoms in total. The van der Waals surface area contributed by atoms with E-state index in [0.717, 1.165) is 5.69 Å². The molecular formula is C22H30FN5O2. The molecule has 1 saturated heterocycles. The number of hydrogen-bond acceptors (Lipinski definition) is 4. The Morgan fingerprint density at radius 3 is 2.57 bits per heavy atom. The van der Waals surface area contributed by atoms with Crippen molar-refractivity contribution in [1.82, 2.24) is 24.9 Å². The molecule has 1 aliphatic heterocycles. The lowest BCUT2D eigenvalue weighted by Gasteiger charge is -2.30. The fourth-order valence-corrected chi connectivity index (χ4v) is 3.79. The lowest BCUT2D eigenvalue weighted by atomic mass is 9.96. The molecule has 162 valence electrons. The lowest BCUT2D eigenvalue weighted by molar-refractivity contribution is -0.133. The topological polar surface area (TPSA) is 70.5 Å². The molecule has 1 aromatic heterocycles. The van der Waals surface area contributed by atoms with Gasteiger partial charge in [-0.3, -0.25) is 14.3 Å². The van der Waals surface area contributed by atoms with Gasteiger partial charge in [-0.05, 0) is 45.1 Å². The van der Waals surface area contributed by atoms with Crippen molar-refractivity contribution in [2.45, 2.75) is 32.9 Å². The van der Waals surface area contributed by atoms with Gasteiger partial charge in [0.25, 0.3) is 0 Å². The van der Waals surface area contributed by atoms with Gasteiger partial charge in [0, 0.05) is 44.6 Å². The normalized spacial score (nSPS) is 14.9. The Balaban J connectivity index is 1.61. The van der Waals surface area contributed by atoms with Gasteiger partial charge >= 0.3 is 0 Å². The average Bonchev–Trinajstić information content (AvgIpc) is 3.10.